The maximum absolute atomic E-state index is 12.8. The van der Waals surface area contributed by atoms with Gasteiger partial charge in [0.1, 0.15) is 5.60 Å². The first-order valence-electron chi connectivity index (χ1n) is 7.98. The summed E-state index contributed by atoms with van der Waals surface area (Å²) in [4.78, 5) is 12.1. The lowest BCUT2D eigenvalue weighted by Crippen LogP contribution is -2.25. The number of benzene rings is 1. The van der Waals surface area contributed by atoms with Crippen molar-refractivity contribution in [3.8, 4) is 6.07 Å². The zero-order chi connectivity index (χ0) is 19.7. The lowest BCUT2D eigenvalue weighted by molar-refractivity contribution is -0.153. The molecule has 0 aliphatic heterocycles. The fourth-order valence-electron chi connectivity index (χ4n) is 2.46. The summed E-state index contributed by atoms with van der Waals surface area (Å²) in [5.74, 6) is -0.445. The van der Waals surface area contributed by atoms with Gasteiger partial charge in [-0.2, -0.15) is 22.9 Å². The summed E-state index contributed by atoms with van der Waals surface area (Å²) in [6, 6.07) is 7.52. The molecule has 0 aliphatic carbocycles. The van der Waals surface area contributed by atoms with Gasteiger partial charge in [0.2, 0.25) is 0 Å². The molecule has 1 heterocycles. The molecule has 0 unspecified atom stereocenters. The van der Waals surface area contributed by atoms with Gasteiger partial charge in [-0.15, -0.1) is 0 Å². The molecule has 0 saturated heterocycles. The van der Waals surface area contributed by atoms with E-state index >= 15 is 0 Å². The summed E-state index contributed by atoms with van der Waals surface area (Å²) in [7, 11) is -3.92. The molecule has 0 spiro atoms. The number of esters is 1. The molecule has 1 aromatic carbocycles. The number of hydrogen-bond donors (Lipinski definition) is 0. The normalized spacial score (nSPS) is 11.8. The van der Waals surface area contributed by atoms with Gasteiger partial charge >= 0.3 is 5.97 Å². The van der Waals surface area contributed by atoms with Crippen molar-refractivity contribution in [2.24, 2.45) is 0 Å². The second-order valence-corrected chi connectivity index (χ2v) is 8.66. The lowest BCUT2D eigenvalue weighted by Gasteiger charge is -2.19. The third-order valence-electron chi connectivity index (χ3n) is 3.65. The van der Waals surface area contributed by atoms with Crippen LogP contribution in [0.25, 0.3) is 0 Å². The molecule has 1 aromatic heterocycles. The minimum Gasteiger partial charge on any atom is -0.460 e. The van der Waals surface area contributed by atoms with Crippen LogP contribution in [-0.4, -0.2) is 29.2 Å². The molecule has 0 N–H and O–H groups in total. The number of carbonyl (C=O) groups is 1. The quantitative estimate of drug-likeness (QED) is 0.761. The van der Waals surface area contributed by atoms with E-state index in [1.165, 1.54) is 24.3 Å². The van der Waals surface area contributed by atoms with E-state index in [9.17, 15) is 13.2 Å². The summed E-state index contributed by atoms with van der Waals surface area (Å²) in [5.41, 5.74) is 1.08. The molecular formula is C18H21N3O4S. The number of ether oxygens (including phenoxy) is 1. The number of nitriles is 1. The smallest absolute Gasteiger partial charge is 0.310 e. The fourth-order valence-corrected chi connectivity index (χ4v) is 3.84. The predicted octanol–water partition coefficient (Wildman–Crippen LogP) is 2.49. The maximum atomic E-state index is 12.8. The van der Waals surface area contributed by atoms with Crippen LogP contribution in [0.1, 0.15) is 43.3 Å². The summed E-state index contributed by atoms with van der Waals surface area (Å²) < 4.78 is 31.9. The Labute approximate surface area is 153 Å². The molecule has 0 saturated carbocycles. The van der Waals surface area contributed by atoms with Crippen LogP contribution in [0.2, 0.25) is 0 Å². The second-order valence-electron chi connectivity index (χ2n) is 6.90. The van der Waals surface area contributed by atoms with Gasteiger partial charge in [0.25, 0.3) is 10.0 Å². The van der Waals surface area contributed by atoms with Gasteiger partial charge in [-0.3, -0.25) is 4.79 Å². The summed E-state index contributed by atoms with van der Waals surface area (Å²) >= 11 is 0. The Morgan fingerprint density at radius 2 is 1.81 bits per heavy atom. The first-order chi connectivity index (χ1) is 12.0. The van der Waals surface area contributed by atoms with Crippen molar-refractivity contribution in [2.75, 3.05) is 0 Å². The SMILES string of the molecule is Cc1nn(S(=O)(=O)c2ccc(C#N)cc2)c(C)c1CC(=O)OC(C)(C)C. The first-order valence-corrected chi connectivity index (χ1v) is 9.42. The van der Waals surface area contributed by atoms with Crippen LogP contribution in [0, 0.1) is 25.2 Å². The highest BCUT2D eigenvalue weighted by molar-refractivity contribution is 7.89. The van der Waals surface area contributed by atoms with Crippen molar-refractivity contribution in [1.29, 1.82) is 5.26 Å². The summed E-state index contributed by atoms with van der Waals surface area (Å²) in [6.07, 6.45) is -0.0577. The molecule has 0 atom stereocenters. The van der Waals surface area contributed by atoms with Crippen LogP contribution >= 0.6 is 0 Å². The Morgan fingerprint density at radius 1 is 1.23 bits per heavy atom. The average molecular weight is 375 g/mol. The van der Waals surface area contributed by atoms with Crippen molar-refractivity contribution in [3.63, 3.8) is 0 Å². The topological polar surface area (TPSA) is 102 Å². The zero-order valence-electron chi connectivity index (χ0n) is 15.4. The number of rotatable bonds is 4. The Hall–Kier alpha value is -2.66. The molecule has 2 rings (SSSR count). The highest BCUT2D eigenvalue weighted by Crippen LogP contribution is 2.21. The third kappa shape index (κ3) is 4.11. The zero-order valence-corrected chi connectivity index (χ0v) is 16.2. The van der Waals surface area contributed by atoms with E-state index in [0.717, 1.165) is 4.09 Å². The molecule has 0 radical (unpaired) electrons. The predicted molar refractivity (Wildman–Crippen MR) is 95.0 cm³/mol. The third-order valence-corrected chi connectivity index (χ3v) is 5.33. The molecule has 0 bridgehead atoms. The summed E-state index contributed by atoms with van der Waals surface area (Å²) in [6.45, 7) is 8.55. The van der Waals surface area contributed by atoms with E-state index < -0.39 is 21.6 Å². The maximum Gasteiger partial charge on any atom is 0.310 e. The Kier molecular flexibility index (Phi) is 5.23. The highest BCUT2D eigenvalue weighted by atomic mass is 32.2. The van der Waals surface area contributed by atoms with Crippen molar-refractivity contribution in [2.45, 2.75) is 51.5 Å². The van der Waals surface area contributed by atoms with Crippen LogP contribution < -0.4 is 0 Å². The van der Waals surface area contributed by atoms with Gasteiger partial charge in [0, 0.05) is 5.56 Å². The van der Waals surface area contributed by atoms with E-state index in [1.807, 2.05) is 6.07 Å². The van der Waals surface area contributed by atoms with E-state index in [-0.39, 0.29) is 11.3 Å². The minimum absolute atomic E-state index is 0.0194. The standard InChI is InChI=1S/C18H21N3O4S/c1-12-16(10-17(22)25-18(3,4)5)13(2)21(20-12)26(23,24)15-8-6-14(11-19)7-9-15/h6-9H,10H2,1-5H3. The minimum atomic E-state index is -3.92. The lowest BCUT2D eigenvalue weighted by atomic mass is 10.1. The molecule has 2 aromatic rings. The first kappa shape index (κ1) is 19.7. The number of nitrogens with zero attached hydrogens (tertiary/aromatic N) is 3. The number of aromatic nitrogens is 2. The average Bonchev–Trinajstić information content (AvgIpc) is 2.82. The number of hydrogen-bond acceptors (Lipinski definition) is 6. The molecule has 0 aliphatic rings. The van der Waals surface area contributed by atoms with Crippen LogP contribution in [0.5, 0.6) is 0 Å². The van der Waals surface area contributed by atoms with E-state index in [2.05, 4.69) is 5.10 Å². The molecule has 0 amide bonds. The Balaban J connectivity index is 2.39. The van der Waals surface area contributed by atoms with Gasteiger partial charge in [0.15, 0.2) is 0 Å². The molecule has 8 heteroatoms. The number of aryl methyl sites for hydroxylation is 1. The van der Waals surface area contributed by atoms with Crippen LogP contribution in [0.15, 0.2) is 29.2 Å². The monoisotopic (exact) mass is 375 g/mol. The van der Waals surface area contributed by atoms with Gasteiger partial charge in [-0.25, -0.2) is 0 Å². The van der Waals surface area contributed by atoms with Crippen molar-refractivity contribution < 1.29 is 17.9 Å². The van der Waals surface area contributed by atoms with Gasteiger partial charge in [-0.1, -0.05) is 0 Å². The Morgan fingerprint density at radius 3 is 2.31 bits per heavy atom. The number of carbonyl (C=O) groups excluding carboxylic acids is 1. The van der Waals surface area contributed by atoms with Crippen molar-refractivity contribution >= 4 is 16.0 Å². The molecule has 0 fully saturated rings. The Bertz CT molecular complexity index is 975. The largest absolute Gasteiger partial charge is 0.460 e. The summed E-state index contributed by atoms with van der Waals surface area (Å²) in [5, 5.41) is 12.9. The van der Waals surface area contributed by atoms with E-state index in [4.69, 9.17) is 10.00 Å². The molecule has 26 heavy (non-hydrogen) atoms. The molecule has 7 nitrogen and oxygen atoms in total. The van der Waals surface area contributed by atoms with Crippen LogP contribution in [-0.2, 0) is 26.0 Å². The molecular weight excluding hydrogens is 354 g/mol. The molecule has 138 valence electrons. The van der Waals surface area contributed by atoms with Crippen molar-refractivity contribution in [3.05, 3.63) is 46.8 Å². The van der Waals surface area contributed by atoms with Gasteiger partial charge in [0.05, 0.1) is 34.3 Å². The van der Waals surface area contributed by atoms with Crippen LogP contribution in [0.3, 0.4) is 0 Å². The van der Waals surface area contributed by atoms with Crippen LogP contribution in [0.4, 0.5) is 0 Å². The van der Waals surface area contributed by atoms with E-state index in [1.54, 1.807) is 34.6 Å². The highest BCUT2D eigenvalue weighted by Gasteiger charge is 2.26. The van der Waals surface area contributed by atoms with E-state index in [0.29, 0.717) is 22.5 Å². The van der Waals surface area contributed by atoms with Crippen molar-refractivity contribution in [1.82, 2.24) is 9.19 Å². The van der Waals surface area contributed by atoms with Gasteiger partial charge < -0.3 is 4.74 Å². The second kappa shape index (κ2) is 6.92. The van der Waals surface area contributed by atoms with Gasteiger partial charge in [-0.05, 0) is 58.9 Å². The fraction of sp³-hybridized carbons (Fsp3) is 0.389.